The molecule has 1 N–H and O–H groups in total. The lowest BCUT2D eigenvalue weighted by atomic mass is 9.87. The van der Waals surface area contributed by atoms with Crippen molar-refractivity contribution in [2.24, 2.45) is 12.5 Å². The van der Waals surface area contributed by atoms with Gasteiger partial charge in [0.25, 0.3) is 0 Å². The Morgan fingerprint density at radius 2 is 2.17 bits per heavy atom. The molecule has 0 aliphatic carbocycles. The van der Waals surface area contributed by atoms with Crippen LogP contribution in [0.15, 0.2) is 16.9 Å². The van der Waals surface area contributed by atoms with Crippen molar-refractivity contribution in [1.29, 1.82) is 0 Å². The lowest BCUT2D eigenvalue weighted by Gasteiger charge is -2.24. The highest BCUT2D eigenvalue weighted by Crippen LogP contribution is 2.22. The Kier molecular flexibility index (Phi) is 3.21. The molecule has 0 spiro atoms. The summed E-state index contributed by atoms with van der Waals surface area (Å²) >= 11 is 0. The van der Waals surface area contributed by atoms with E-state index in [1.165, 1.54) is 0 Å². The highest BCUT2D eigenvalue weighted by Gasteiger charge is 2.25. The molecule has 0 amide bonds. The number of aromatic nitrogens is 4. The van der Waals surface area contributed by atoms with Gasteiger partial charge in [-0.05, 0) is 5.41 Å². The Morgan fingerprint density at radius 3 is 2.72 bits per heavy atom. The molecule has 0 aliphatic heterocycles. The van der Waals surface area contributed by atoms with Crippen LogP contribution in [0.25, 0.3) is 11.6 Å². The van der Waals surface area contributed by atoms with Gasteiger partial charge in [0.05, 0.1) is 12.5 Å². The fraction of sp³-hybridized carbons (Fsp3) is 0.583. The third kappa shape index (κ3) is 2.59. The van der Waals surface area contributed by atoms with Crippen molar-refractivity contribution in [3.63, 3.8) is 0 Å². The monoisotopic (exact) mass is 250 g/mol. The second-order valence-electron chi connectivity index (χ2n) is 5.46. The molecule has 6 heteroatoms. The molecular formula is C12H18N4O2. The summed E-state index contributed by atoms with van der Waals surface area (Å²) in [6.45, 7) is 5.90. The van der Waals surface area contributed by atoms with Gasteiger partial charge in [0.1, 0.15) is 0 Å². The molecular weight excluding hydrogens is 232 g/mol. The Hall–Kier alpha value is -1.69. The Bertz CT molecular complexity index is 524. The largest absolute Gasteiger partial charge is 0.392 e. The highest BCUT2D eigenvalue weighted by atomic mass is 16.5. The maximum absolute atomic E-state index is 9.98. The minimum atomic E-state index is -0.521. The molecule has 0 bridgehead atoms. The van der Waals surface area contributed by atoms with Crippen LogP contribution in [0.5, 0.6) is 0 Å². The number of nitrogens with zero attached hydrogens (tertiary/aromatic N) is 4. The fourth-order valence-corrected chi connectivity index (χ4v) is 1.48. The van der Waals surface area contributed by atoms with Gasteiger partial charge in [-0.3, -0.25) is 0 Å². The van der Waals surface area contributed by atoms with E-state index in [9.17, 15) is 5.11 Å². The van der Waals surface area contributed by atoms with E-state index in [0.29, 0.717) is 24.0 Å². The first-order valence-electron chi connectivity index (χ1n) is 5.86. The van der Waals surface area contributed by atoms with Crippen molar-refractivity contribution >= 4 is 0 Å². The second kappa shape index (κ2) is 4.53. The normalized spacial score (nSPS) is 13.8. The summed E-state index contributed by atoms with van der Waals surface area (Å²) in [5.41, 5.74) is -0.210. The van der Waals surface area contributed by atoms with Gasteiger partial charge in [-0.15, -0.1) is 0 Å². The summed E-state index contributed by atoms with van der Waals surface area (Å²) < 4.78 is 6.95. The molecule has 0 aliphatic rings. The SMILES string of the molecule is Cn1ccnc1-c1noc(CC(O)C(C)(C)C)n1. The van der Waals surface area contributed by atoms with Gasteiger partial charge in [0, 0.05) is 19.4 Å². The maximum atomic E-state index is 9.98. The number of hydrogen-bond acceptors (Lipinski definition) is 5. The van der Waals surface area contributed by atoms with Crippen LogP contribution in [0.1, 0.15) is 26.7 Å². The van der Waals surface area contributed by atoms with Crippen LogP contribution in [-0.2, 0) is 13.5 Å². The molecule has 0 saturated heterocycles. The van der Waals surface area contributed by atoms with E-state index in [-0.39, 0.29) is 5.41 Å². The molecule has 0 saturated carbocycles. The first-order valence-corrected chi connectivity index (χ1v) is 5.86. The number of rotatable bonds is 3. The molecule has 1 atom stereocenters. The number of aliphatic hydroxyl groups excluding tert-OH is 1. The Labute approximate surface area is 106 Å². The first-order chi connectivity index (χ1) is 8.38. The lowest BCUT2D eigenvalue weighted by Crippen LogP contribution is -2.28. The van der Waals surface area contributed by atoms with Gasteiger partial charge < -0.3 is 14.2 Å². The summed E-state index contributed by atoms with van der Waals surface area (Å²) in [6, 6.07) is 0. The summed E-state index contributed by atoms with van der Waals surface area (Å²) in [5.74, 6) is 1.52. The van der Waals surface area contributed by atoms with Crippen LogP contribution >= 0.6 is 0 Å². The molecule has 2 rings (SSSR count). The average molecular weight is 250 g/mol. The third-order valence-corrected chi connectivity index (χ3v) is 2.86. The van der Waals surface area contributed by atoms with Gasteiger partial charge >= 0.3 is 0 Å². The smallest absolute Gasteiger partial charge is 0.238 e. The molecule has 98 valence electrons. The zero-order valence-corrected chi connectivity index (χ0v) is 11.1. The van der Waals surface area contributed by atoms with Crippen LogP contribution in [0.4, 0.5) is 0 Å². The van der Waals surface area contributed by atoms with E-state index in [1.54, 1.807) is 6.20 Å². The average Bonchev–Trinajstić information content (AvgIpc) is 2.85. The molecule has 2 aromatic rings. The first kappa shape index (κ1) is 12.8. The molecule has 0 fully saturated rings. The van der Waals surface area contributed by atoms with Crippen molar-refractivity contribution < 1.29 is 9.63 Å². The van der Waals surface area contributed by atoms with Gasteiger partial charge in [-0.1, -0.05) is 25.9 Å². The molecule has 6 nitrogen and oxygen atoms in total. The minimum absolute atomic E-state index is 0.210. The van der Waals surface area contributed by atoms with E-state index in [1.807, 2.05) is 38.6 Å². The second-order valence-corrected chi connectivity index (χ2v) is 5.46. The van der Waals surface area contributed by atoms with Crippen LogP contribution in [0.3, 0.4) is 0 Å². The van der Waals surface area contributed by atoms with Crippen molar-refractivity contribution in [3.8, 4) is 11.6 Å². The van der Waals surface area contributed by atoms with E-state index in [2.05, 4.69) is 15.1 Å². The summed E-state index contributed by atoms with van der Waals surface area (Å²) in [6.07, 6.45) is 3.32. The van der Waals surface area contributed by atoms with E-state index < -0.39 is 6.10 Å². The molecule has 2 aromatic heterocycles. The third-order valence-electron chi connectivity index (χ3n) is 2.86. The zero-order valence-electron chi connectivity index (χ0n) is 11.1. The van der Waals surface area contributed by atoms with E-state index in [4.69, 9.17) is 4.52 Å². The van der Waals surface area contributed by atoms with Gasteiger partial charge in [0.15, 0.2) is 5.82 Å². The van der Waals surface area contributed by atoms with Crippen molar-refractivity contribution in [1.82, 2.24) is 19.7 Å². The Morgan fingerprint density at radius 1 is 1.44 bits per heavy atom. The van der Waals surface area contributed by atoms with E-state index in [0.717, 1.165) is 0 Å². The summed E-state index contributed by atoms with van der Waals surface area (Å²) in [7, 11) is 1.86. The zero-order chi connectivity index (χ0) is 13.3. The molecule has 1 unspecified atom stereocenters. The standard InChI is InChI=1S/C12H18N4O2/c1-12(2,3)8(17)7-9-14-10(15-18-9)11-13-5-6-16(11)4/h5-6,8,17H,7H2,1-4H3. The summed E-state index contributed by atoms with van der Waals surface area (Å²) in [4.78, 5) is 8.39. The predicted octanol–water partition coefficient (Wildman–Crippen LogP) is 1.42. The van der Waals surface area contributed by atoms with Gasteiger partial charge in [0.2, 0.25) is 11.7 Å². The highest BCUT2D eigenvalue weighted by molar-refractivity contribution is 5.42. The van der Waals surface area contributed by atoms with Crippen LogP contribution < -0.4 is 0 Å². The van der Waals surface area contributed by atoms with Crippen molar-refractivity contribution in [2.75, 3.05) is 0 Å². The minimum Gasteiger partial charge on any atom is -0.392 e. The number of aliphatic hydroxyl groups is 1. The number of hydrogen-bond donors (Lipinski definition) is 1. The lowest BCUT2D eigenvalue weighted by molar-refractivity contribution is 0.0565. The van der Waals surface area contributed by atoms with Crippen LogP contribution in [0.2, 0.25) is 0 Å². The molecule has 18 heavy (non-hydrogen) atoms. The fourth-order valence-electron chi connectivity index (χ4n) is 1.48. The van der Waals surface area contributed by atoms with Crippen LogP contribution in [0, 0.1) is 5.41 Å². The quantitative estimate of drug-likeness (QED) is 0.891. The number of imidazole rings is 1. The molecule has 0 aromatic carbocycles. The topological polar surface area (TPSA) is 77.0 Å². The van der Waals surface area contributed by atoms with E-state index >= 15 is 0 Å². The summed E-state index contributed by atoms with van der Waals surface area (Å²) in [5, 5.41) is 13.9. The van der Waals surface area contributed by atoms with Gasteiger partial charge in [-0.2, -0.15) is 4.98 Å². The van der Waals surface area contributed by atoms with Gasteiger partial charge in [-0.25, -0.2) is 4.98 Å². The predicted molar refractivity (Wildman–Crippen MR) is 65.7 cm³/mol. The van der Waals surface area contributed by atoms with Crippen LogP contribution in [-0.4, -0.2) is 30.9 Å². The molecule has 0 radical (unpaired) electrons. The van der Waals surface area contributed by atoms with Crippen molar-refractivity contribution in [2.45, 2.75) is 33.3 Å². The number of aryl methyl sites for hydroxylation is 1. The van der Waals surface area contributed by atoms with Crippen molar-refractivity contribution in [3.05, 3.63) is 18.3 Å². The Balaban J connectivity index is 2.15. The molecule has 2 heterocycles. The maximum Gasteiger partial charge on any atom is 0.238 e.